The van der Waals surface area contributed by atoms with Gasteiger partial charge in [-0.2, -0.15) is 0 Å². The molecule has 1 aromatic rings. The Morgan fingerprint density at radius 1 is 1.26 bits per heavy atom. The van der Waals surface area contributed by atoms with Crippen molar-refractivity contribution in [2.75, 3.05) is 13.2 Å². The lowest BCUT2D eigenvalue weighted by Gasteiger charge is -2.35. The van der Waals surface area contributed by atoms with E-state index in [0.717, 1.165) is 5.56 Å². The van der Waals surface area contributed by atoms with E-state index in [-0.39, 0.29) is 12.6 Å². The molecule has 0 unspecified atom stereocenters. The van der Waals surface area contributed by atoms with Gasteiger partial charge in [0.25, 0.3) is 0 Å². The number of benzene rings is 1. The number of nitrogens with zero attached hydrogens (tertiary/aromatic N) is 1. The van der Waals surface area contributed by atoms with Crippen LogP contribution >= 0.6 is 0 Å². The Balaban J connectivity index is 1.94. The molecule has 5 heteroatoms. The van der Waals surface area contributed by atoms with E-state index in [2.05, 4.69) is 0 Å². The minimum atomic E-state index is -0.673. The molecule has 0 saturated heterocycles. The molecule has 0 bridgehead atoms. The molecule has 23 heavy (non-hydrogen) atoms. The molecule has 1 aliphatic rings. The van der Waals surface area contributed by atoms with Gasteiger partial charge in [0.05, 0.1) is 31.9 Å². The summed E-state index contributed by atoms with van der Waals surface area (Å²) in [7, 11) is 0. The third-order valence-corrected chi connectivity index (χ3v) is 3.37. The normalized spacial score (nSPS) is 21.3. The second kappa shape index (κ2) is 7.62. The smallest absolute Gasteiger partial charge is 0.410 e. The Hall–Kier alpha value is -1.85. The molecule has 0 radical (unpaired) electrons. The molecule has 1 aliphatic heterocycles. The molecule has 0 fully saturated rings. The van der Waals surface area contributed by atoms with Crippen LogP contribution in [0, 0.1) is 0 Å². The Bertz CT molecular complexity index is 536. The van der Waals surface area contributed by atoms with Crippen molar-refractivity contribution in [1.29, 1.82) is 0 Å². The van der Waals surface area contributed by atoms with Gasteiger partial charge < -0.3 is 14.6 Å². The zero-order valence-corrected chi connectivity index (χ0v) is 13.9. The highest BCUT2D eigenvalue weighted by Gasteiger charge is 2.31. The van der Waals surface area contributed by atoms with E-state index in [1.165, 1.54) is 4.90 Å². The number of hydrogen-bond donors (Lipinski definition) is 1. The first kappa shape index (κ1) is 17.5. The molecule has 0 aromatic heterocycles. The molecule has 2 atom stereocenters. The third-order valence-electron chi connectivity index (χ3n) is 3.37. The third kappa shape index (κ3) is 5.69. The van der Waals surface area contributed by atoms with E-state index in [9.17, 15) is 9.90 Å². The van der Waals surface area contributed by atoms with Crippen molar-refractivity contribution in [2.24, 2.45) is 0 Å². The second-order valence-corrected chi connectivity index (χ2v) is 6.65. The van der Waals surface area contributed by atoms with Crippen LogP contribution in [-0.2, 0) is 16.1 Å². The van der Waals surface area contributed by atoms with Crippen LogP contribution in [0.2, 0.25) is 0 Å². The Kier molecular flexibility index (Phi) is 5.80. The number of ether oxygens (including phenoxy) is 2. The zero-order valence-electron chi connectivity index (χ0n) is 13.9. The number of amides is 1. The van der Waals surface area contributed by atoms with Crippen LogP contribution in [0.25, 0.3) is 0 Å². The lowest BCUT2D eigenvalue weighted by Crippen LogP contribution is -2.49. The van der Waals surface area contributed by atoms with Crippen molar-refractivity contribution in [3.8, 4) is 0 Å². The van der Waals surface area contributed by atoms with E-state index in [0.29, 0.717) is 13.2 Å². The van der Waals surface area contributed by atoms with Crippen LogP contribution < -0.4 is 0 Å². The summed E-state index contributed by atoms with van der Waals surface area (Å²) < 4.78 is 11.1. The van der Waals surface area contributed by atoms with Gasteiger partial charge in [0, 0.05) is 0 Å². The molecule has 0 aliphatic carbocycles. The van der Waals surface area contributed by atoms with Gasteiger partial charge in [-0.3, -0.25) is 4.90 Å². The fraction of sp³-hybridized carbons (Fsp3) is 0.500. The van der Waals surface area contributed by atoms with Crippen molar-refractivity contribution >= 4 is 6.09 Å². The Morgan fingerprint density at radius 3 is 2.61 bits per heavy atom. The number of aliphatic hydroxyl groups is 1. The Labute approximate surface area is 137 Å². The van der Waals surface area contributed by atoms with Gasteiger partial charge in [0.2, 0.25) is 0 Å². The summed E-state index contributed by atoms with van der Waals surface area (Å²) in [5.74, 6) is 0. The summed E-state index contributed by atoms with van der Waals surface area (Å²) in [4.78, 5) is 13.8. The first-order valence-corrected chi connectivity index (χ1v) is 7.83. The number of aliphatic hydroxyl groups excluding tert-OH is 1. The lowest BCUT2D eigenvalue weighted by atomic mass is 10.1. The van der Waals surface area contributed by atoms with Crippen LogP contribution in [-0.4, -0.2) is 47.0 Å². The van der Waals surface area contributed by atoms with Gasteiger partial charge >= 0.3 is 6.09 Å². The first-order chi connectivity index (χ1) is 10.8. The molecule has 1 heterocycles. The fourth-order valence-corrected chi connectivity index (χ4v) is 2.31. The summed E-state index contributed by atoms with van der Waals surface area (Å²) in [5.41, 5.74) is 0.509. The van der Waals surface area contributed by atoms with E-state index in [1.807, 2.05) is 51.1 Å². The van der Waals surface area contributed by atoms with Gasteiger partial charge in [-0.05, 0) is 26.3 Å². The van der Waals surface area contributed by atoms with Crippen molar-refractivity contribution < 1.29 is 19.4 Å². The van der Waals surface area contributed by atoms with E-state index < -0.39 is 17.8 Å². The number of β-amino-alcohol motifs (C(OH)–C–C–N with tert-alkyl or cyclic N) is 1. The Morgan fingerprint density at radius 2 is 1.96 bits per heavy atom. The van der Waals surface area contributed by atoms with Gasteiger partial charge in [-0.15, -0.1) is 0 Å². The van der Waals surface area contributed by atoms with E-state index >= 15 is 0 Å². The van der Waals surface area contributed by atoms with Crippen LogP contribution in [0.4, 0.5) is 4.79 Å². The van der Waals surface area contributed by atoms with Gasteiger partial charge in [0.15, 0.2) is 0 Å². The van der Waals surface area contributed by atoms with Crippen LogP contribution in [0.5, 0.6) is 0 Å². The maximum absolute atomic E-state index is 12.3. The van der Waals surface area contributed by atoms with Crippen LogP contribution in [0.1, 0.15) is 26.3 Å². The van der Waals surface area contributed by atoms with Crippen molar-refractivity contribution in [3.05, 3.63) is 48.0 Å². The predicted octanol–water partition coefficient (Wildman–Crippen LogP) is 2.74. The SMILES string of the molecule is CC(C)(C)OC(=O)N1C[C@H](O)C=C[C@H]1COCc1ccccc1. The highest BCUT2D eigenvalue weighted by molar-refractivity contribution is 5.69. The molecule has 0 saturated carbocycles. The summed E-state index contributed by atoms with van der Waals surface area (Å²) in [6.07, 6.45) is 2.38. The molecule has 5 nitrogen and oxygen atoms in total. The topological polar surface area (TPSA) is 59.0 Å². The number of rotatable bonds is 4. The van der Waals surface area contributed by atoms with Crippen molar-refractivity contribution in [2.45, 2.75) is 45.1 Å². The quantitative estimate of drug-likeness (QED) is 0.867. The number of carbonyl (C=O) groups is 1. The van der Waals surface area contributed by atoms with Crippen molar-refractivity contribution in [1.82, 2.24) is 4.90 Å². The molecular weight excluding hydrogens is 294 g/mol. The van der Waals surface area contributed by atoms with E-state index in [4.69, 9.17) is 9.47 Å². The molecule has 0 spiro atoms. The molecule has 1 amide bonds. The summed E-state index contributed by atoms with van der Waals surface area (Å²) in [5, 5.41) is 9.77. The summed E-state index contributed by atoms with van der Waals surface area (Å²) >= 11 is 0. The highest BCUT2D eigenvalue weighted by Crippen LogP contribution is 2.17. The summed E-state index contributed by atoms with van der Waals surface area (Å²) in [6, 6.07) is 9.62. The first-order valence-electron chi connectivity index (χ1n) is 7.83. The average molecular weight is 319 g/mol. The largest absolute Gasteiger partial charge is 0.444 e. The minimum Gasteiger partial charge on any atom is -0.444 e. The zero-order chi connectivity index (χ0) is 16.9. The van der Waals surface area contributed by atoms with Gasteiger partial charge in [0.1, 0.15) is 5.60 Å². The molecule has 1 aromatic carbocycles. The van der Waals surface area contributed by atoms with E-state index in [1.54, 1.807) is 12.2 Å². The monoisotopic (exact) mass is 319 g/mol. The van der Waals surface area contributed by atoms with Crippen LogP contribution in [0.15, 0.2) is 42.5 Å². The molecule has 126 valence electrons. The highest BCUT2D eigenvalue weighted by atomic mass is 16.6. The molecule has 2 rings (SSSR count). The average Bonchev–Trinajstić information content (AvgIpc) is 2.48. The minimum absolute atomic E-state index is 0.213. The van der Waals surface area contributed by atoms with Gasteiger partial charge in [-0.1, -0.05) is 42.5 Å². The van der Waals surface area contributed by atoms with Crippen molar-refractivity contribution in [3.63, 3.8) is 0 Å². The van der Waals surface area contributed by atoms with Crippen LogP contribution in [0.3, 0.4) is 0 Å². The standard InChI is InChI=1S/C18H25NO4/c1-18(2,3)23-17(21)19-11-16(20)10-9-15(19)13-22-12-14-7-5-4-6-8-14/h4-10,15-16,20H,11-13H2,1-3H3/t15-,16+/m0/s1. The fourth-order valence-electron chi connectivity index (χ4n) is 2.31. The maximum Gasteiger partial charge on any atom is 0.410 e. The molecule has 1 N–H and O–H groups in total. The molecular formula is C18H25NO4. The summed E-state index contributed by atoms with van der Waals surface area (Å²) in [6.45, 7) is 6.52. The predicted molar refractivity (Wildman–Crippen MR) is 88.0 cm³/mol. The second-order valence-electron chi connectivity index (χ2n) is 6.65. The maximum atomic E-state index is 12.3. The number of carbonyl (C=O) groups excluding carboxylic acids is 1. The lowest BCUT2D eigenvalue weighted by molar-refractivity contribution is -0.00517. The number of hydrogen-bond acceptors (Lipinski definition) is 4. The van der Waals surface area contributed by atoms with Gasteiger partial charge in [-0.25, -0.2) is 4.79 Å².